The normalized spacial score (nSPS) is 17.1. The van der Waals surface area contributed by atoms with E-state index in [4.69, 9.17) is 0 Å². The van der Waals surface area contributed by atoms with E-state index in [1.165, 1.54) is 46.4 Å². The van der Waals surface area contributed by atoms with Gasteiger partial charge >= 0.3 is 0 Å². The van der Waals surface area contributed by atoms with Crippen LogP contribution in [0.15, 0.2) is 41.8 Å². The van der Waals surface area contributed by atoms with Crippen molar-refractivity contribution in [2.24, 2.45) is 0 Å². The Labute approximate surface area is 107 Å². The molecule has 0 saturated carbocycles. The lowest BCUT2D eigenvalue weighted by Crippen LogP contribution is -2.01. The molecule has 86 valence electrons. The molecule has 1 aliphatic carbocycles. The van der Waals surface area contributed by atoms with Crippen LogP contribution in [0.3, 0.4) is 0 Å². The number of rotatable bonds is 1. The topological polar surface area (TPSA) is 0 Å². The van der Waals surface area contributed by atoms with Gasteiger partial charge in [-0.25, -0.2) is 0 Å². The van der Waals surface area contributed by atoms with E-state index in [9.17, 15) is 0 Å². The predicted molar refractivity (Wildman–Crippen MR) is 76.3 cm³/mol. The van der Waals surface area contributed by atoms with Crippen molar-refractivity contribution in [1.82, 2.24) is 0 Å². The van der Waals surface area contributed by atoms with Crippen LogP contribution in [-0.4, -0.2) is 0 Å². The van der Waals surface area contributed by atoms with Crippen molar-refractivity contribution in [3.63, 3.8) is 0 Å². The molecular formula is C16H16S. The fraction of sp³-hybridized carbons (Fsp3) is 0.250. The second-order valence-electron chi connectivity index (χ2n) is 4.52. The van der Waals surface area contributed by atoms with Crippen molar-refractivity contribution in [2.75, 3.05) is 0 Å². The smallest absolute Gasteiger partial charge is 0.0342 e. The van der Waals surface area contributed by atoms with Crippen LogP contribution in [0, 0.1) is 0 Å². The van der Waals surface area contributed by atoms with E-state index in [2.05, 4.69) is 48.7 Å². The van der Waals surface area contributed by atoms with Gasteiger partial charge in [-0.2, -0.15) is 0 Å². The molecule has 0 amide bonds. The molecule has 0 radical (unpaired) electrons. The van der Waals surface area contributed by atoms with Gasteiger partial charge in [0.2, 0.25) is 0 Å². The van der Waals surface area contributed by atoms with Gasteiger partial charge in [-0.3, -0.25) is 0 Å². The Balaban J connectivity index is 2.11. The third-order valence-corrected chi connectivity index (χ3v) is 4.42. The number of allylic oxidation sites excluding steroid dienone is 2. The summed E-state index contributed by atoms with van der Waals surface area (Å²) in [6.07, 6.45) is 6.04. The highest BCUT2D eigenvalue weighted by atomic mass is 32.1. The van der Waals surface area contributed by atoms with E-state index in [1.54, 1.807) is 0 Å². The molecule has 0 bridgehead atoms. The van der Waals surface area contributed by atoms with Crippen molar-refractivity contribution in [3.8, 4) is 10.4 Å². The largest absolute Gasteiger partial charge is 0.144 e. The first kappa shape index (κ1) is 10.8. The molecule has 1 heteroatoms. The summed E-state index contributed by atoms with van der Waals surface area (Å²) in [6, 6.07) is 11.3. The third kappa shape index (κ3) is 1.96. The number of fused-ring (bicyclic) bond motifs is 1. The molecule has 0 saturated heterocycles. The highest BCUT2D eigenvalue weighted by Gasteiger charge is 2.14. The first-order chi connectivity index (χ1) is 8.38. The van der Waals surface area contributed by atoms with Crippen molar-refractivity contribution >= 4 is 16.9 Å². The van der Waals surface area contributed by atoms with Crippen LogP contribution in [-0.2, 0) is 6.42 Å². The van der Waals surface area contributed by atoms with Gasteiger partial charge in [0.25, 0.3) is 0 Å². The van der Waals surface area contributed by atoms with E-state index in [-0.39, 0.29) is 0 Å². The average molecular weight is 240 g/mol. The SMILES string of the molecule is C/C=C1/CCCc2ccc(-c3cccs3)cc21. The molecule has 1 heterocycles. The summed E-state index contributed by atoms with van der Waals surface area (Å²) in [5.74, 6) is 0. The standard InChI is InChI=1S/C16H16S/c1-2-12-5-3-6-13-8-9-14(11-15(12)13)16-7-4-10-17-16/h2,4,7-11H,3,5-6H2,1H3/b12-2-. The van der Waals surface area contributed by atoms with E-state index in [1.807, 2.05) is 11.3 Å². The predicted octanol–water partition coefficient (Wildman–Crippen LogP) is 5.15. The zero-order valence-electron chi connectivity index (χ0n) is 10.1. The lowest BCUT2D eigenvalue weighted by molar-refractivity contribution is 0.822. The molecule has 3 rings (SSSR count). The molecule has 0 fully saturated rings. The molecule has 1 aromatic carbocycles. The van der Waals surface area contributed by atoms with Gasteiger partial charge in [0.05, 0.1) is 0 Å². The number of hydrogen-bond donors (Lipinski definition) is 0. The van der Waals surface area contributed by atoms with Crippen molar-refractivity contribution < 1.29 is 0 Å². The molecule has 0 N–H and O–H groups in total. The average Bonchev–Trinajstić information content (AvgIpc) is 2.91. The Morgan fingerprint density at radius 3 is 2.88 bits per heavy atom. The van der Waals surface area contributed by atoms with Crippen LogP contribution < -0.4 is 0 Å². The summed E-state index contributed by atoms with van der Waals surface area (Å²) in [5, 5.41) is 2.14. The fourth-order valence-corrected chi connectivity index (χ4v) is 3.32. The first-order valence-corrected chi connectivity index (χ1v) is 7.09. The lowest BCUT2D eigenvalue weighted by atomic mass is 9.86. The van der Waals surface area contributed by atoms with Gasteiger partial charge in [0.15, 0.2) is 0 Å². The molecule has 1 aliphatic rings. The van der Waals surface area contributed by atoms with Gasteiger partial charge in [0, 0.05) is 4.88 Å². The Kier molecular flexibility index (Phi) is 2.86. The molecule has 2 aromatic rings. The van der Waals surface area contributed by atoms with Crippen LogP contribution in [0.4, 0.5) is 0 Å². The minimum Gasteiger partial charge on any atom is -0.144 e. The highest BCUT2D eigenvalue weighted by molar-refractivity contribution is 7.13. The van der Waals surface area contributed by atoms with E-state index in [0.717, 1.165) is 0 Å². The molecule has 0 spiro atoms. The second kappa shape index (κ2) is 4.50. The Morgan fingerprint density at radius 1 is 1.18 bits per heavy atom. The Hall–Kier alpha value is -1.34. The summed E-state index contributed by atoms with van der Waals surface area (Å²) < 4.78 is 0. The van der Waals surface area contributed by atoms with Crippen LogP contribution in [0.1, 0.15) is 30.9 Å². The zero-order valence-corrected chi connectivity index (χ0v) is 10.9. The van der Waals surface area contributed by atoms with Crippen molar-refractivity contribution in [1.29, 1.82) is 0 Å². The third-order valence-electron chi connectivity index (χ3n) is 3.50. The van der Waals surface area contributed by atoms with Gasteiger partial charge in [-0.1, -0.05) is 24.3 Å². The van der Waals surface area contributed by atoms with Gasteiger partial charge in [-0.15, -0.1) is 11.3 Å². The summed E-state index contributed by atoms with van der Waals surface area (Å²) in [6.45, 7) is 2.16. The Bertz CT molecular complexity index is 547. The second-order valence-corrected chi connectivity index (χ2v) is 5.46. The van der Waals surface area contributed by atoms with Crippen LogP contribution in [0.2, 0.25) is 0 Å². The quantitative estimate of drug-likeness (QED) is 0.646. The van der Waals surface area contributed by atoms with Gasteiger partial charge in [-0.05, 0) is 66.0 Å². The summed E-state index contributed by atoms with van der Waals surface area (Å²) >= 11 is 1.82. The van der Waals surface area contributed by atoms with E-state index >= 15 is 0 Å². The monoisotopic (exact) mass is 240 g/mol. The zero-order chi connectivity index (χ0) is 11.7. The number of aryl methyl sites for hydroxylation is 1. The molecule has 0 atom stereocenters. The molecule has 17 heavy (non-hydrogen) atoms. The lowest BCUT2D eigenvalue weighted by Gasteiger charge is -2.19. The molecule has 0 nitrogen and oxygen atoms in total. The maximum atomic E-state index is 2.37. The number of thiophene rings is 1. The number of hydrogen-bond acceptors (Lipinski definition) is 1. The van der Waals surface area contributed by atoms with Crippen molar-refractivity contribution in [3.05, 3.63) is 52.9 Å². The Morgan fingerprint density at radius 2 is 2.12 bits per heavy atom. The summed E-state index contributed by atoms with van der Waals surface area (Å²) in [4.78, 5) is 1.37. The molecule has 0 unspecified atom stereocenters. The van der Waals surface area contributed by atoms with Crippen molar-refractivity contribution in [2.45, 2.75) is 26.2 Å². The summed E-state index contributed by atoms with van der Waals surface area (Å²) in [5.41, 5.74) is 5.87. The minimum atomic E-state index is 1.23. The molecule has 0 aliphatic heterocycles. The van der Waals surface area contributed by atoms with E-state index in [0.29, 0.717) is 0 Å². The fourth-order valence-electron chi connectivity index (χ4n) is 2.59. The van der Waals surface area contributed by atoms with Crippen LogP contribution in [0.5, 0.6) is 0 Å². The maximum absolute atomic E-state index is 2.37. The van der Waals surface area contributed by atoms with Crippen LogP contribution >= 0.6 is 11.3 Å². The maximum Gasteiger partial charge on any atom is 0.0342 e. The highest BCUT2D eigenvalue weighted by Crippen LogP contribution is 2.34. The van der Waals surface area contributed by atoms with E-state index < -0.39 is 0 Å². The first-order valence-electron chi connectivity index (χ1n) is 6.21. The number of benzene rings is 1. The van der Waals surface area contributed by atoms with Gasteiger partial charge < -0.3 is 0 Å². The van der Waals surface area contributed by atoms with Gasteiger partial charge in [0.1, 0.15) is 0 Å². The summed E-state index contributed by atoms with van der Waals surface area (Å²) in [7, 11) is 0. The molecule has 1 aromatic heterocycles. The minimum absolute atomic E-state index is 1.23. The molecular weight excluding hydrogens is 224 g/mol. The van der Waals surface area contributed by atoms with Crippen LogP contribution in [0.25, 0.3) is 16.0 Å².